The van der Waals surface area contributed by atoms with Crippen LogP contribution in [0.4, 0.5) is 10.3 Å². The molecule has 0 unspecified atom stereocenters. The molecule has 4 rings (SSSR count). The molecule has 4 nitrogen and oxygen atoms in total. The number of hydrogen-bond donors (Lipinski definition) is 0. The molecular formula is C21H24FN3OS. The minimum atomic E-state index is -0.249. The molecule has 0 amide bonds. The number of hydrogen-bond acceptors (Lipinski definition) is 4. The summed E-state index contributed by atoms with van der Waals surface area (Å²) in [5, 5.41) is 0.825. The van der Waals surface area contributed by atoms with Gasteiger partial charge in [0.1, 0.15) is 10.6 Å². The van der Waals surface area contributed by atoms with Crippen molar-refractivity contribution in [1.82, 2.24) is 9.55 Å². The van der Waals surface area contributed by atoms with Crippen LogP contribution < -0.4 is 10.5 Å². The maximum absolute atomic E-state index is 13.5. The third-order valence-corrected chi connectivity index (χ3v) is 6.34. The molecule has 0 radical (unpaired) electrons. The number of rotatable bonds is 5. The number of aryl methyl sites for hydroxylation is 2. The van der Waals surface area contributed by atoms with E-state index >= 15 is 0 Å². The SMILES string of the molecule is CCCn1c(N(C)Cc2cccc(F)c2)nc2sc3c(c2c1=O)CCCC3. The highest BCUT2D eigenvalue weighted by Crippen LogP contribution is 2.34. The molecule has 1 aromatic carbocycles. The quantitative estimate of drug-likeness (QED) is 0.648. The lowest BCUT2D eigenvalue weighted by Crippen LogP contribution is -2.30. The Morgan fingerprint density at radius 3 is 2.89 bits per heavy atom. The van der Waals surface area contributed by atoms with Gasteiger partial charge in [-0.05, 0) is 55.4 Å². The second-order valence-corrected chi connectivity index (χ2v) is 8.33. The molecule has 3 aromatic rings. The van der Waals surface area contributed by atoms with Crippen molar-refractivity contribution < 1.29 is 4.39 Å². The molecule has 142 valence electrons. The van der Waals surface area contributed by atoms with Gasteiger partial charge in [0, 0.05) is 25.0 Å². The summed E-state index contributed by atoms with van der Waals surface area (Å²) in [4.78, 5) is 22.3. The molecule has 27 heavy (non-hydrogen) atoms. The first kappa shape index (κ1) is 18.2. The molecule has 0 fully saturated rings. The lowest BCUT2D eigenvalue weighted by molar-refractivity contribution is 0.620. The van der Waals surface area contributed by atoms with E-state index < -0.39 is 0 Å². The summed E-state index contributed by atoms with van der Waals surface area (Å²) < 4.78 is 15.3. The first-order valence-corrected chi connectivity index (χ1v) is 10.4. The highest BCUT2D eigenvalue weighted by molar-refractivity contribution is 7.18. The van der Waals surface area contributed by atoms with Crippen molar-refractivity contribution in [2.75, 3.05) is 11.9 Å². The van der Waals surface area contributed by atoms with Crippen molar-refractivity contribution in [3.8, 4) is 0 Å². The highest BCUT2D eigenvalue weighted by Gasteiger charge is 2.23. The van der Waals surface area contributed by atoms with Crippen molar-refractivity contribution in [2.24, 2.45) is 0 Å². The zero-order chi connectivity index (χ0) is 19.0. The lowest BCUT2D eigenvalue weighted by atomic mass is 9.97. The smallest absolute Gasteiger partial charge is 0.263 e. The van der Waals surface area contributed by atoms with Gasteiger partial charge in [0.15, 0.2) is 0 Å². The predicted octanol–water partition coefficient (Wildman–Crippen LogP) is 4.52. The molecular weight excluding hydrogens is 361 g/mol. The van der Waals surface area contributed by atoms with Crippen molar-refractivity contribution in [1.29, 1.82) is 0 Å². The van der Waals surface area contributed by atoms with E-state index in [1.54, 1.807) is 22.0 Å². The minimum absolute atomic E-state index is 0.0716. The largest absolute Gasteiger partial charge is 0.341 e. The molecule has 2 aromatic heterocycles. The van der Waals surface area contributed by atoms with Gasteiger partial charge in [0.25, 0.3) is 5.56 Å². The van der Waals surface area contributed by atoms with Crippen molar-refractivity contribution in [2.45, 2.75) is 52.1 Å². The van der Waals surface area contributed by atoms with Gasteiger partial charge in [-0.25, -0.2) is 9.37 Å². The van der Waals surface area contributed by atoms with E-state index in [0.717, 1.165) is 41.5 Å². The van der Waals surface area contributed by atoms with Crippen LogP contribution in [-0.4, -0.2) is 16.6 Å². The Morgan fingerprint density at radius 2 is 2.11 bits per heavy atom. The monoisotopic (exact) mass is 385 g/mol. The van der Waals surface area contributed by atoms with Gasteiger partial charge in [-0.1, -0.05) is 19.1 Å². The minimum Gasteiger partial charge on any atom is -0.341 e. The van der Waals surface area contributed by atoms with Gasteiger partial charge >= 0.3 is 0 Å². The van der Waals surface area contributed by atoms with Crippen LogP contribution in [0.25, 0.3) is 10.2 Å². The fourth-order valence-corrected chi connectivity index (χ4v) is 5.17. The third-order valence-electron chi connectivity index (χ3n) is 5.15. The van der Waals surface area contributed by atoms with Crippen LogP contribution in [-0.2, 0) is 25.9 Å². The molecule has 0 saturated heterocycles. The van der Waals surface area contributed by atoms with E-state index in [2.05, 4.69) is 6.92 Å². The summed E-state index contributed by atoms with van der Waals surface area (Å²) in [6.07, 6.45) is 5.23. The van der Waals surface area contributed by atoms with E-state index in [4.69, 9.17) is 4.98 Å². The number of halogens is 1. The first-order valence-electron chi connectivity index (χ1n) is 9.59. The second-order valence-electron chi connectivity index (χ2n) is 7.25. The molecule has 1 aliphatic rings. The number of fused-ring (bicyclic) bond motifs is 3. The summed E-state index contributed by atoms with van der Waals surface area (Å²) in [5.74, 6) is 0.415. The van der Waals surface area contributed by atoms with Gasteiger partial charge < -0.3 is 4.90 Å². The van der Waals surface area contributed by atoms with Gasteiger partial charge in [-0.15, -0.1) is 11.3 Å². The fourth-order valence-electron chi connectivity index (χ4n) is 3.92. The Morgan fingerprint density at radius 1 is 1.30 bits per heavy atom. The number of nitrogens with zero attached hydrogens (tertiary/aromatic N) is 3. The molecule has 2 heterocycles. The Hall–Kier alpha value is -2.21. The lowest BCUT2D eigenvalue weighted by Gasteiger charge is -2.22. The van der Waals surface area contributed by atoms with Crippen LogP contribution in [0, 0.1) is 5.82 Å². The van der Waals surface area contributed by atoms with Crippen LogP contribution in [0.1, 0.15) is 42.2 Å². The van der Waals surface area contributed by atoms with Crippen LogP contribution >= 0.6 is 11.3 Å². The van der Waals surface area contributed by atoms with Crippen LogP contribution in [0.3, 0.4) is 0 Å². The van der Waals surface area contributed by atoms with Crippen molar-refractivity contribution in [3.05, 3.63) is 56.4 Å². The summed E-state index contributed by atoms with van der Waals surface area (Å²) in [5.41, 5.74) is 2.16. The van der Waals surface area contributed by atoms with Crippen LogP contribution in [0.2, 0.25) is 0 Å². The Labute approximate surface area is 162 Å². The number of aromatic nitrogens is 2. The van der Waals surface area contributed by atoms with Gasteiger partial charge in [-0.3, -0.25) is 9.36 Å². The third kappa shape index (κ3) is 3.38. The zero-order valence-corrected chi connectivity index (χ0v) is 16.6. The standard InChI is InChI=1S/C21H24FN3OS/c1-3-11-25-20(26)18-16-9-4-5-10-17(16)27-19(18)23-21(25)24(2)13-14-7-6-8-15(22)12-14/h6-8,12H,3-5,9-11,13H2,1-2H3. The van der Waals surface area contributed by atoms with E-state index in [-0.39, 0.29) is 11.4 Å². The molecule has 0 bridgehead atoms. The number of thiophene rings is 1. The Balaban J connectivity index is 1.81. The summed E-state index contributed by atoms with van der Waals surface area (Å²) in [7, 11) is 1.91. The molecule has 0 N–H and O–H groups in total. The average Bonchev–Trinajstić information content (AvgIpc) is 3.02. The van der Waals surface area contributed by atoms with Crippen molar-refractivity contribution >= 4 is 27.5 Å². The van der Waals surface area contributed by atoms with Crippen molar-refractivity contribution in [3.63, 3.8) is 0 Å². The maximum atomic E-state index is 13.5. The van der Waals surface area contributed by atoms with E-state index in [1.165, 1.54) is 29.0 Å². The van der Waals surface area contributed by atoms with E-state index in [9.17, 15) is 9.18 Å². The Bertz CT molecular complexity index is 1040. The highest BCUT2D eigenvalue weighted by atomic mass is 32.1. The molecule has 0 aliphatic heterocycles. The van der Waals surface area contributed by atoms with Crippen LogP contribution in [0.15, 0.2) is 29.1 Å². The molecule has 0 spiro atoms. The average molecular weight is 386 g/mol. The normalized spacial score (nSPS) is 13.7. The first-order chi connectivity index (χ1) is 13.1. The van der Waals surface area contributed by atoms with Gasteiger partial charge in [-0.2, -0.15) is 0 Å². The van der Waals surface area contributed by atoms with Crippen LogP contribution in [0.5, 0.6) is 0 Å². The van der Waals surface area contributed by atoms with Gasteiger partial charge in [0.2, 0.25) is 5.95 Å². The summed E-state index contributed by atoms with van der Waals surface area (Å²) >= 11 is 1.67. The summed E-state index contributed by atoms with van der Waals surface area (Å²) in [6, 6.07) is 6.57. The maximum Gasteiger partial charge on any atom is 0.263 e. The van der Waals surface area contributed by atoms with E-state index in [1.807, 2.05) is 18.0 Å². The second kappa shape index (κ2) is 7.43. The zero-order valence-electron chi connectivity index (χ0n) is 15.8. The van der Waals surface area contributed by atoms with E-state index in [0.29, 0.717) is 19.0 Å². The predicted molar refractivity (Wildman–Crippen MR) is 109 cm³/mol. The summed E-state index contributed by atoms with van der Waals surface area (Å²) in [6.45, 7) is 3.20. The molecule has 0 saturated carbocycles. The van der Waals surface area contributed by atoms with Gasteiger partial charge in [0.05, 0.1) is 5.39 Å². The Kier molecular flexibility index (Phi) is 5.00. The molecule has 6 heteroatoms. The number of benzene rings is 1. The molecule has 1 aliphatic carbocycles. The fraction of sp³-hybridized carbons (Fsp3) is 0.429. The molecule has 0 atom stereocenters. The topological polar surface area (TPSA) is 38.1 Å². The number of anilines is 1.